The minimum absolute atomic E-state index is 0.260. The van der Waals surface area contributed by atoms with Crippen molar-refractivity contribution in [3.8, 4) is 11.3 Å². The van der Waals surface area contributed by atoms with E-state index in [9.17, 15) is 9.59 Å². The third-order valence-corrected chi connectivity index (χ3v) is 4.52. The second kappa shape index (κ2) is 4.96. The van der Waals surface area contributed by atoms with Gasteiger partial charge in [0.2, 0.25) is 0 Å². The Hall–Kier alpha value is -2.60. The van der Waals surface area contributed by atoms with E-state index in [0.29, 0.717) is 30.7 Å². The summed E-state index contributed by atoms with van der Waals surface area (Å²) in [5, 5.41) is 0.585. The predicted octanol–water partition coefficient (Wildman–Crippen LogP) is 1.24. The number of fused-ring (bicyclic) bond motifs is 3. The molecule has 0 radical (unpaired) electrons. The Kier molecular flexibility index (Phi) is 3.02. The Morgan fingerprint density at radius 3 is 2.52 bits per heavy atom. The fraction of sp³-hybridized carbons (Fsp3) is 0.294. The van der Waals surface area contributed by atoms with Gasteiger partial charge >= 0.3 is 5.69 Å². The van der Waals surface area contributed by atoms with E-state index in [0.717, 1.165) is 17.0 Å². The van der Waals surface area contributed by atoms with E-state index >= 15 is 0 Å². The highest BCUT2D eigenvalue weighted by Crippen LogP contribution is 2.33. The summed E-state index contributed by atoms with van der Waals surface area (Å²) in [7, 11) is 3.22. The lowest BCUT2D eigenvalue weighted by Crippen LogP contribution is -2.36. The van der Waals surface area contributed by atoms with E-state index in [1.165, 1.54) is 11.6 Å². The van der Waals surface area contributed by atoms with Crippen LogP contribution in [0.3, 0.4) is 0 Å². The molecule has 118 valence electrons. The summed E-state index contributed by atoms with van der Waals surface area (Å²) in [5.41, 5.74) is 2.83. The summed E-state index contributed by atoms with van der Waals surface area (Å²) in [6.45, 7) is 1.68. The predicted molar refractivity (Wildman–Crippen MR) is 87.5 cm³/mol. The number of hydrogen-bond acceptors (Lipinski definition) is 3. The van der Waals surface area contributed by atoms with Crippen LogP contribution in [0.25, 0.3) is 22.2 Å². The number of nitrogens with zero attached hydrogens (tertiary/aromatic N) is 3. The molecule has 0 fully saturated rings. The molecule has 3 heterocycles. The molecule has 0 saturated carbocycles. The molecule has 0 spiro atoms. The minimum atomic E-state index is -0.318. The summed E-state index contributed by atoms with van der Waals surface area (Å²) in [6.07, 6.45) is 0. The highest BCUT2D eigenvalue weighted by atomic mass is 16.5. The van der Waals surface area contributed by atoms with Gasteiger partial charge in [0.1, 0.15) is 0 Å². The molecule has 0 N–H and O–H groups in total. The number of rotatable bonds is 1. The highest BCUT2D eigenvalue weighted by Gasteiger charge is 2.26. The van der Waals surface area contributed by atoms with E-state index < -0.39 is 0 Å². The molecule has 0 aliphatic carbocycles. The fourth-order valence-electron chi connectivity index (χ4n) is 3.41. The van der Waals surface area contributed by atoms with Crippen LogP contribution in [0.2, 0.25) is 0 Å². The van der Waals surface area contributed by atoms with Crippen LogP contribution in [0.1, 0.15) is 5.69 Å². The van der Waals surface area contributed by atoms with Gasteiger partial charge in [-0.3, -0.25) is 13.9 Å². The topological polar surface area (TPSA) is 58.2 Å². The maximum absolute atomic E-state index is 12.8. The summed E-state index contributed by atoms with van der Waals surface area (Å²) < 4.78 is 10.4. The number of hydrogen-bond donors (Lipinski definition) is 0. The molecular weight excluding hydrogens is 294 g/mol. The summed E-state index contributed by atoms with van der Waals surface area (Å²) in [6, 6.07) is 9.83. The number of aryl methyl sites for hydroxylation is 1. The lowest BCUT2D eigenvalue weighted by molar-refractivity contribution is 0.0864. The van der Waals surface area contributed by atoms with Crippen molar-refractivity contribution >= 4 is 10.9 Å². The van der Waals surface area contributed by atoms with Crippen LogP contribution >= 0.6 is 0 Å². The summed E-state index contributed by atoms with van der Waals surface area (Å²) in [4.78, 5) is 25.1. The van der Waals surface area contributed by atoms with Crippen molar-refractivity contribution < 1.29 is 4.74 Å². The number of aromatic nitrogens is 3. The van der Waals surface area contributed by atoms with Crippen LogP contribution in [-0.2, 0) is 32.0 Å². The largest absolute Gasteiger partial charge is 0.373 e. The Morgan fingerprint density at radius 2 is 1.78 bits per heavy atom. The molecular formula is C17H17N3O3. The molecule has 0 saturated heterocycles. The van der Waals surface area contributed by atoms with Gasteiger partial charge in [0.15, 0.2) is 0 Å². The fourth-order valence-corrected chi connectivity index (χ4v) is 3.41. The van der Waals surface area contributed by atoms with Gasteiger partial charge in [-0.15, -0.1) is 0 Å². The molecule has 1 aliphatic rings. The van der Waals surface area contributed by atoms with E-state index in [-0.39, 0.29) is 11.2 Å². The first-order chi connectivity index (χ1) is 11.1. The van der Waals surface area contributed by atoms with Gasteiger partial charge in [0, 0.05) is 20.6 Å². The van der Waals surface area contributed by atoms with Crippen molar-refractivity contribution in [2.75, 3.05) is 6.61 Å². The van der Waals surface area contributed by atoms with E-state index in [4.69, 9.17) is 4.74 Å². The monoisotopic (exact) mass is 311 g/mol. The van der Waals surface area contributed by atoms with E-state index in [1.807, 2.05) is 30.3 Å². The molecule has 6 nitrogen and oxygen atoms in total. The first kappa shape index (κ1) is 14.0. The van der Waals surface area contributed by atoms with Crippen molar-refractivity contribution in [1.29, 1.82) is 0 Å². The van der Waals surface area contributed by atoms with Crippen LogP contribution in [0, 0.1) is 0 Å². The zero-order valence-electron chi connectivity index (χ0n) is 13.1. The molecule has 2 aromatic heterocycles. The zero-order chi connectivity index (χ0) is 16.1. The van der Waals surface area contributed by atoms with Crippen LogP contribution in [-0.4, -0.2) is 20.3 Å². The Bertz CT molecular complexity index is 1030. The Morgan fingerprint density at radius 1 is 1.04 bits per heavy atom. The van der Waals surface area contributed by atoms with Gasteiger partial charge in [0.25, 0.3) is 5.56 Å². The highest BCUT2D eigenvalue weighted by molar-refractivity contribution is 5.96. The van der Waals surface area contributed by atoms with Crippen LogP contribution < -0.4 is 11.2 Å². The second-order valence-electron chi connectivity index (χ2n) is 5.79. The molecule has 23 heavy (non-hydrogen) atoms. The van der Waals surface area contributed by atoms with Gasteiger partial charge in [-0.2, -0.15) is 0 Å². The quantitative estimate of drug-likeness (QED) is 0.679. The maximum Gasteiger partial charge on any atom is 0.331 e. The molecule has 0 amide bonds. The molecule has 1 aliphatic heterocycles. The van der Waals surface area contributed by atoms with Gasteiger partial charge in [0.05, 0.1) is 35.5 Å². The first-order valence-electron chi connectivity index (χ1n) is 7.55. The average Bonchev–Trinajstić information content (AvgIpc) is 2.94. The van der Waals surface area contributed by atoms with Crippen molar-refractivity contribution in [2.24, 2.45) is 14.1 Å². The van der Waals surface area contributed by atoms with Gasteiger partial charge in [-0.05, 0) is 5.56 Å². The number of benzene rings is 1. The smallest absolute Gasteiger partial charge is 0.331 e. The third kappa shape index (κ3) is 1.85. The zero-order valence-corrected chi connectivity index (χ0v) is 13.1. The Balaban J connectivity index is 2.27. The van der Waals surface area contributed by atoms with E-state index in [1.54, 1.807) is 11.6 Å². The van der Waals surface area contributed by atoms with Crippen LogP contribution in [0.4, 0.5) is 0 Å². The van der Waals surface area contributed by atoms with Crippen molar-refractivity contribution in [3.05, 3.63) is 56.9 Å². The van der Waals surface area contributed by atoms with Crippen molar-refractivity contribution in [1.82, 2.24) is 13.7 Å². The van der Waals surface area contributed by atoms with Crippen molar-refractivity contribution in [2.45, 2.75) is 13.2 Å². The van der Waals surface area contributed by atoms with E-state index in [2.05, 4.69) is 4.57 Å². The molecule has 1 aromatic carbocycles. The number of ether oxygens (including phenoxy) is 1. The second-order valence-corrected chi connectivity index (χ2v) is 5.79. The van der Waals surface area contributed by atoms with Gasteiger partial charge in [-0.1, -0.05) is 30.3 Å². The maximum atomic E-state index is 12.8. The average molecular weight is 311 g/mol. The normalized spacial score (nSPS) is 14.2. The standard InChI is InChI=1S/C17H17N3O3/c1-18-15-12-10-23-9-8-20(12)14(11-6-4-3-5-7-11)13(15)16(21)19(2)17(18)22/h3-7H,8-10H2,1-2H3. The van der Waals surface area contributed by atoms with Crippen LogP contribution in [0.15, 0.2) is 39.9 Å². The molecule has 0 atom stereocenters. The molecule has 3 aromatic rings. The molecule has 0 unspecified atom stereocenters. The summed E-state index contributed by atoms with van der Waals surface area (Å²) >= 11 is 0. The third-order valence-electron chi connectivity index (χ3n) is 4.52. The lowest BCUT2D eigenvalue weighted by atomic mass is 10.1. The first-order valence-corrected chi connectivity index (χ1v) is 7.55. The van der Waals surface area contributed by atoms with Crippen LogP contribution in [0.5, 0.6) is 0 Å². The lowest BCUT2D eigenvalue weighted by Gasteiger charge is -2.18. The minimum Gasteiger partial charge on any atom is -0.373 e. The molecule has 0 bridgehead atoms. The van der Waals surface area contributed by atoms with Crippen molar-refractivity contribution in [3.63, 3.8) is 0 Å². The van der Waals surface area contributed by atoms with Gasteiger partial charge in [-0.25, -0.2) is 4.79 Å². The summed E-state index contributed by atoms with van der Waals surface area (Å²) in [5.74, 6) is 0. The Labute approximate surface area is 132 Å². The SMILES string of the molecule is Cn1c(=O)c2c(-c3ccccc3)n3c(c2n(C)c1=O)COCC3. The van der Waals surface area contributed by atoms with Gasteiger partial charge < -0.3 is 9.30 Å². The molecule has 4 rings (SSSR count). The molecule has 6 heteroatoms.